The van der Waals surface area contributed by atoms with Gasteiger partial charge in [-0.15, -0.1) is 0 Å². The Bertz CT molecular complexity index is 808. The van der Waals surface area contributed by atoms with Crippen LogP contribution in [0.15, 0.2) is 48.5 Å². The van der Waals surface area contributed by atoms with Gasteiger partial charge in [-0.25, -0.2) is 4.79 Å². The van der Waals surface area contributed by atoms with E-state index in [1.807, 2.05) is 24.3 Å². The summed E-state index contributed by atoms with van der Waals surface area (Å²) in [5, 5.41) is 26.9. The van der Waals surface area contributed by atoms with Crippen LogP contribution in [0, 0.1) is 10.1 Å². The van der Waals surface area contributed by atoms with Crippen LogP contribution in [-0.2, 0) is 12.0 Å². The summed E-state index contributed by atoms with van der Waals surface area (Å²) in [6.45, 7) is 0.0742. The molecular formula is C18H19N3O4. The Balaban J connectivity index is 1.65. The molecule has 0 heterocycles. The van der Waals surface area contributed by atoms with Crippen LogP contribution >= 0.6 is 0 Å². The SMILES string of the molecule is O=C(NCC1(O)CCCc2ccccc21)Nc1cccc([N+](=O)[O-])c1. The minimum Gasteiger partial charge on any atom is -0.383 e. The summed E-state index contributed by atoms with van der Waals surface area (Å²) in [4.78, 5) is 22.3. The Hall–Kier alpha value is -2.93. The van der Waals surface area contributed by atoms with E-state index >= 15 is 0 Å². The van der Waals surface area contributed by atoms with Crippen molar-refractivity contribution < 1.29 is 14.8 Å². The van der Waals surface area contributed by atoms with E-state index in [0.29, 0.717) is 12.1 Å². The van der Waals surface area contributed by atoms with Crippen molar-refractivity contribution in [1.29, 1.82) is 0 Å². The normalized spacial score (nSPS) is 18.9. The molecule has 2 aromatic rings. The van der Waals surface area contributed by atoms with Crippen molar-refractivity contribution in [2.45, 2.75) is 24.9 Å². The first kappa shape index (κ1) is 16.9. The molecule has 0 fully saturated rings. The average molecular weight is 341 g/mol. The molecule has 1 aliphatic rings. The van der Waals surface area contributed by atoms with Crippen LogP contribution in [0.25, 0.3) is 0 Å². The number of urea groups is 1. The lowest BCUT2D eigenvalue weighted by atomic mass is 9.79. The summed E-state index contributed by atoms with van der Waals surface area (Å²) in [6.07, 6.45) is 2.33. The zero-order valence-corrected chi connectivity index (χ0v) is 13.6. The third-order valence-electron chi connectivity index (χ3n) is 4.41. The Morgan fingerprint density at radius 2 is 2.04 bits per heavy atom. The second-order valence-corrected chi connectivity index (χ2v) is 6.16. The van der Waals surface area contributed by atoms with Gasteiger partial charge in [-0.2, -0.15) is 0 Å². The zero-order valence-electron chi connectivity index (χ0n) is 13.6. The van der Waals surface area contributed by atoms with Crippen LogP contribution in [0.5, 0.6) is 0 Å². The molecular weight excluding hydrogens is 322 g/mol. The van der Waals surface area contributed by atoms with Gasteiger partial charge in [0.25, 0.3) is 5.69 Å². The number of hydrogen-bond acceptors (Lipinski definition) is 4. The van der Waals surface area contributed by atoms with E-state index in [0.717, 1.165) is 24.0 Å². The lowest BCUT2D eigenvalue weighted by Gasteiger charge is -2.34. The highest BCUT2D eigenvalue weighted by Crippen LogP contribution is 2.34. The number of nitro benzene ring substituents is 1. The van der Waals surface area contributed by atoms with Crippen LogP contribution in [0.3, 0.4) is 0 Å². The molecule has 3 N–H and O–H groups in total. The van der Waals surface area contributed by atoms with Gasteiger partial charge < -0.3 is 15.7 Å². The molecule has 1 unspecified atom stereocenters. The molecule has 0 saturated heterocycles. The predicted molar refractivity (Wildman–Crippen MR) is 93.4 cm³/mol. The number of anilines is 1. The molecule has 0 saturated carbocycles. The van der Waals surface area contributed by atoms with Crippen molar-refractivity contribution >= 4 is 17.4 Å². The van der Waals surface area contributed by atoms with Gasteiger partial charge in [-0.1, -0.05) is 30.3 Å². The summed E-state index contributed by atoms with van der Waals surface area (Å²) in [7, 11) is 0. The maximum Gasteiger partial charge on any atom is 0.319 e. The lowest BCUT2D eigenvalue weighted by Crippen LogP contribution is -2.44. The van der Waals surface area contributed by atoms with Crippen molar-refractivity contribution in [3.63, 3.8) is 0 Å². The van der Waals surface area contributed by atoms with Crippen LogP contribution in [0.2, 0.25) is 0 Å². The van der Waals surface area contributed by atoms with E-state index in [1.54, 1.807) is 6.07 Å². The number of nitrogens with zero attached hydrogens (tertiary/aromatic N) is 1. The Labute approximate surface area is 144 Å². The summed E-state index contributed by atoms with van der Waals surface area (Å²) in [5.74, 6) is 0. The van der Waals surface area contributed by atoms with Crippen molar-refractivity contribution in [3.05, 3.63) is 69.8 Å². The fraction of sp³-hybridized carbons (Fsp3) is 0.278. The molecule has 7 heteroatoms. The largest absolute Gasteiger partial charge is 0.383 e. The number of carbonyl (C=O) groups excluding carboxylic acids is 1. The fourth-order valence-electron chi connectivity index (χ4n) is 3.18. The third-order valence-corrected chi connectivity index (χ3v) is 4.41. The zero-order chi connectivity index (χ0) is 17.9. The Morgan fingerprint density at radius 3 is 2.84 bits per heavy atom. The molecule has 2 aromatic carbocycles. The van der Waals surface area contributed by atoms with Gasteiger partial charge in [-0.3, -0.25) is 10.1 Å². The second-order valence-electron chi connectivity index (χ2n) is 6.16. The lowest BCUT2D eigenvalue weighted by molar-refractivity contribution is -0.384. The molecule has 0 aliphatic heterocycles. The van der Waals surface area contributed by atoms with E-state index in [1.165, 1.54) is 18.2 Å². The molecule has 0 radical (unpaired) electrons. The third kappa shape index (κ3) is 3.77. The summed E-state index contributed by atoms with van der Waals surface area (Å²) in [6, 6.07) is 12.9. The van der Waals surface area contributed by atoms with Gasteiger partial charge in [0.2, 0.25) is 0 Å². The second kappa shape index (κ2) is 6.90. The number of benzene rings is 2. The molecule has 2 amide bonds. The number of nitrogens with one attached hydrogen (secondary N) is 2. The molecule has 0 spiro atoms. The van der Waals surface area contributed by atoms with Gasteiger partial charge >= 0.3 is 6.03 Å². The Kier molecular flexibility index (Phi) is 4.67. The monoisotopic (exact) mass is 341 g/mol. The first-order valence-corrected chi connectivity index (χ1v) is 8.08. The fourth-order valence-corrected chi connectivity index (χ4v) is 3.18. The summed E-state index contributed by atoms with van der Waals surface area (Å²) in [5.41, 5.74) is 1.06. The first-order valence-electron chi connectivity index (χ1n) is 8.08. The highest BCUT2D eigenvalue weighted by molar-refractivity contribution is 5.89. The highest BCUT2D eigenvalue weighted by atomic mass is 16.6. The molecule has 3 rings (SSSR count). The van der Waals surface area contributed by atoms with Crippen LogP contribution in [-0.4, -0.2) is 22.6 Å². The Morgan fingerprint density at radius 1 is 1.24 bits per heavy atom. The van der Waals surface area contributed by atoms with E-state index in [4.69, 9.17) is 0 Å². The predicted octanol–water partition coefficient (Wildman–Crippen LogP) is 2.94. The molecule has 130 valence electrons. The van der Waals surface area contributed by atoms with E-state index in [2.05, 4.69) is 10.6 Å². The molecule has 1 atom stereocenters. The van der Waals surface area contributed by atoms with Crippen LogP contribution < -0.4 is 10.6 Å². The average Bonchev–Trinajstić information content (AvgIpc) is 2.61. The maximum atomic E-state index is 12.1. The number of rotatable bonds is 4. The van der Waals surface area contributed by atoms with Crippen LogP contribution in [0.4, 0.5) is 16.2 Å². The number of nitro groups is 1. The number of carbonyl (C=O) groups is 1. The number of amides is 2. The van der Waals surface area contributed by atoms with Crippen molar-refractivity contribution in [2.24, 2.45) is 0 Å². The van der Waals surface area contributed by atoms with Crippen molar-refractivity contribution in [1.82, 2.24) is 5.32 Å². The van der Waals surface area contributed by atoms with Gasteiger partial charge in [0, 0.05) is 17.8 Å². The molecule has 1 aliphatic carbocycles. The summed E-state index contributed by atoms with van der Waals surface area (Å²) < 4.78 is 0. The standard InChI is InChI=1S/C18H19N3O4/c22-17(20-14-7-3-8-15(11-14)21(24)25)19-12-18(23)10-4-6-13-5-1-2-9-16(13)18/h1-3,5,7-9,11,23H,4,6,10,12H2,(H2,19,20,22). The van der Waals surface area contributed by atoms with Gasteiger partial charge in [0.15, 0.2) is 0 Å². The van der Waals surface area contributed by atoms with E-state index < -0.39 is 16.6 Å². The maximum absolute atomic E-state index is 12.1. The summed E-state index contributed by atoms with van der Waals surface area (Å²) >= 11 is 0. The van der Waals surface area contributed by atoms with E-state index in [9.17, 15) is 20.0 Å². The molecule has 25 heavy (non-hydrogen) atoms. The van der Waals surface area contributed by atoms with Gasteiger partial charge in [-0.05, 0) is 36.5 Å². The minimum atomic E-state index is -1.10. The number of fused-ring (bicyclic) bond motifs is 1. The highest BCUT2D eigenvalue weighted by Gasteiger charge is 2.34. The van der Waals surface area contributed by atoms with Crippen LogP contribution in [0.1, 0.15) is 24.0 Å². The number of aliphatic hydroxyl groups is 1. The number of aryl methyl sites for hydroxylation is 1. The first-order chi connectivity index (χ1) is 12.0. The minimum absolute atomic E-state index is 0.0742. The number of non-ortho nitro benzene ring substituents is 1. The quantitative estimate of drug-likeness (QED) is 0.587. The molecule has 0 aromatic heterocycles. The van der Waals surface area contributed by atoms with E-state index in [-0.39, 0.29) is 12.2 Å². The van der Waals surface area contributed by atoms with Gasteiger partial charge in [0.05, 0.1) is 11.5 Å². The molecule has 7 nitrogen and oxygen atoms in total. The smallest absolute Gasteiger partial charge is 0.319 e. The number of hydrogen-bond donors (Lipinski definition) is 3. The van der Waals surface area contributed by atoms with Crippen molar-refractivity contribution in [2.75, 3.05) is 11.9 Å². The van der Waals surface area contributed by atoms with Gasteiger partial charge in [0.1, 0.15) is 5.60 Å². The van der Waals surface area contributed by atoms with Crippen molar-refractivity contribution in [3.8, 4) is 0 Å². The topological polar surface area (TPSA) is 104 Å². The molecule has 0 bridgehead atoms.